The molecule has 0 atom stereocenters. The van der Waals surface area contributed by atoms with Crippen LogP contribution in [0.5, 0.6) is 0 Å². The fraction of sp³-hybridized carbons (Fsp3) is 0.778. The highest BCUT2D eigenvalue weighted by Gasteiger charge is 2.23. The molecule has 0 radical (unpaired) electrons. The van der Waals surface area contributed by atoms with E-state index >= 15 is 0 Å². The minimum atomic E-state index is 1.15. The van der Waals surface area contributed by atoms with E-state index in [1.807, 2.05) is 0 Å². The predicted octanol–water partition coefficient (Wildman–Crippen LogP) is 0.612. The summed E-state index contributed by atoms with van der Waals surface area (Å²) < 4.78 is 0. The van der Waals surface area contributed by atoms with Gasteiger partial charge in [0, 0.05) is 26.2 Å². The number of rotatable bonds is 2. The molecule has 2 nitrogen and oxygen atoms in total. The summed E-state index contributed by atoms with van der Waals surface area (Å²) >= 11 is 0. The molecule has 0 fully saturated rings. The molecular weight excluding hydrogens is 136 g/mol. The molecule has 2 aliphatic heterocycles. The zero-order valence-corrected chi connectivity index (χ0v) is 7.19. The average Bonchev–Trinajstić information content (AvgIpc) is 2.46. The first kappa shape index (κ1) is 7.32. The molecule has 0 aromatic carbocycles. The van der Waals surface area contributed by atoms with Crippen LogP contribution in [0.3, 0.4) is 0 Å². The number of nitrogens with zero attached hydrogens (tertiary/aromatic N) is 1. The first-order valence-electron chi connectivity index (χ1n) is 4.53. The molecule has 11 heavy (non-hydrogen) atoms. The molecule has 0 saturated heterocycles. The van der Waals surface area contributed by atoms with Crippen molar-refractivity contribution in [2.75, 3.05) is 32.7 Å². The van der Waals surface area contributed by atoms with E-state index in [-0.39, 0.29) is 0 Å². The fourth-order valence-electron chi connectivity index (χ4n) is 2.02. The third kappa shape index (κ3) is 1.33. The summed E-state index contributed by atoms with van der Waals surface area (Å²) in [5.74, 6) is 0. The lowest BCUT2D eigenvalue weighted by Gasteiger charge is -2.15. The molecule has 0 amide bonds. The van der Waals surface area contributed by atoms with E-state index in [4.69, 9.17) is 0 Å². The predicted molar refractivity (Wildman–Crippen MR) is 46.6 cm³/mol. The van der Waals surface area contributed by atoms with Crippen molar-refractivity contribution < 1.29 is 0 Å². The summed E-state index contributed by atoms with van der Waals surface area (Å²) in [5, 5.41) is 3.39. The molecular formula is C9H16N2. The Morgan fingerprint density at radius 2 is 1.91 bits per heavy atom. The molecule has 0 aliphatic carbocycles. The van der Waals surface area contributed by atoms with Crippen molar-refractivity contribution in [1.29, 1.82) is 0 Å². The van der Waals surface area contributed by atoms with Crippen LogP contribution in [-0.4, -0.2) is 37.6 Å². The van der Waals surface area contributed by atoms with Gasteiger partial charge in [0.05, 0.1) is 0 Å². The highest BCUT2D eigenvalue weighted by atomic mass is 15.2. The van der Waals surface area contributed by atoms with Gasteiger partial charge in [-0.05, 0) is 24.1 Å². The van der Waals surface area contributed by atoms with Crippen LogP contribution >= 0.6 is 0 Å². The normalized spacial score (nSPS) is 24.8. The second-order valence-electron chi connectivity index (χ2n) is 3.52. The zero-order chi connectivity index (χ0) is 7.68. The first-order chi connectivity index (χ1) is 5.40. The van der Waals surface area contributed by atoms with Crippen molar-refractivity contribution in [3.63, 3.8) is 0 Å². The second-order valence-corrected chi connectivity index (χ2v) is 3.52. The van der Waals surface area contributed by atoms with Gasteiger partial charge in [-0.2, -0.15) is 0 Å². The van der Waals surface area contributed by atoms with Gasteiger partial charge >= 0.3 is 0 Å². The van der Waals surface area contributed by atoms with Crippen molar-refractivity contribution in [2.45, 2.75) is 13.3 Å². The molecule has 0 aromatic rings. The van der Waals surface area contributed by atoms with Gasteiger partial charge < -0.3 is 5.32 Å². The quantitative estimate of drug-likeness (QED) is 0.583. The molecule has 0 saturated carbocycles. The Kier molecular flexibility index (Phi) is 1.96. The first-order valence-corrected chi connectivity index (χ1v) is 4.53. The number of hydrogen-bond acceptors (Lipinski definition) is 2. The molecule has 0 aromatic heterocycles. The van der Waals surface area contributed by atoms with Crippen LogP contribution in [0.2, 0.25) is 0 Å². The molecule has 2 heterocycles. The maximum Gasteiger partial charge on any atom is 0.0212 e. The van der Waals surface area contributed by atoms with Crippen molar-refractivity contribution in [1.82, 2.24) is 10.2 Å². The van der Waals surface area contributed by atoms with Crippen molar-refractivity contribution >= 4 is 0 Å². The summed E-state index contributed by atoms with van der Waals surface area (Å²) in [7, 11) is 0. The molecule has 62 valence electrons. The third-order valence-electron chi connectivity index (χ3n) is 2.55. The van der Waals surface area contributed by atoms with Crippen molar-refractivity contribution in [3.8, 4) is 0 Å². The Bertz CT molecular complexity index is 168. The van der Waals surface area contributed by atoms with E-state index < -0.39 is 0 Å². The Hall–Kier alpha value is -0.340. The van der Waals surface area contributed by atoms with Gasteiger partial charge in [-0.15, -0.1) is 0 Å². The summed E-state index contributed by atoms with van der Waals surface area (Å²) in [4.78, 5) is 2.55. The van der Waals surface area contributed by atoms with E-state index in [9.17, 15) is 0 Å². The van der Waals surface area contributed by atoms with E-state index in [0.717, 1.165) is 13.1 Å². The Labute approximate surface area is 68.3 Å². The molecule has 0 bridgehead atoms. The average molecular weight is 152 g/mol. The van der Waals surface area contributed by atoms with Crippen LogP contribution in [0, 0.1) is 0 Å². The molecule has 2 aliphatic rings. The monoisotopic (exact) mass is 152 g/mol. The molecule has 2 rings (SSSR count). The largest absolute Gasteiger partial charge is 0.309 e. The lowest BCUT2D eigenvalue weighted by molar-refractivity contribution is 0.339. The number of nitrogens with one attached hydrogen (secondary N) is 1. The lowest BCUT2D eigenvalue weighted by Crippen LogP contribution is -2.27. The lowest BCUT2D eigenvalue weighted by atomic mass is 10.2. The maximum atomic E-state index is 3.39. The maximum absolute atomic E-state index is 3.39. The van der Waals surface area contributed by atoms with Gasteiger partial charge in [0.1, 0.15) is 0 Å². The van der Waals surface area contributed by atoms with Crippen LogP contribution < -0.4 is 5.32 Å². The topological polar surface area (TPSA) is 15.3 Å². The van der Waals surface area contributed by atoms with Crippen LogP contribution in [0.4, 0.5) is 0 Å². The molecule has 1 N–H and O–H groups in total. The molecule has 0 spiro atoms. The van der Waals surface area contributed by atoms with Gasteiger partial charge in [-0.25, -0.2) is 0 Å². The minimum Gasteiger partial charge on any atom is -0.309 e. The SMILES string of the molecule is CCCN1CC2=C(CNC2)C1. The second kappa shape index (κ2) is 2.95. The highest BCUT2D eigenvalue weighted by Crippen LogP contribution is 2.19. The Morgan fingerprint density at radius 1 is 1.27 bits per heavy atom. The van der Waals surface area contributed by atoms with E-state index in [1.165, 1.54) is 26.1 Å². The summed E-state index contributed by atoms with van der Waals surface area (Å²) in [6.07, 6.45) is 1.29. The van der Waals surface area contributed by atoms with Crippen LogP contribution in [0.15, 0.2) is 11.1 Å². The zero-order valence-electron chi connectivity index (χ0n) is 7.19. The van der Waals surface area contributed by atoms with Gasteiger partial charge in [0.15, 0.2) is 0 Å². The standard InChI is InChI=1S/C9H16N2/c1-2-3-11-6-8-4-10-5-9(8)7-11/h10H,2-7H2,1H3. The van der Waals surface area contributed by atoms with Crippen molar-refractivity contribution in [2.24, 2.45) is 0 Å². The van der Waals surface area contributed by atoms with Gasteiger partial charge in [-0.1, -0.05) is 6.92 Å². The van der Waals surface area contributed by atoms with E-state index in [0.29, 0.717) is 0 Å². The van der Waals surface area contributed by atoms with E-state index in [2.05, 4.69) is 17.1 Å². The summed E-state index contributed by atoms with van der Waals surface area (Å²) in [6.45, 7) is 8.28. The van der Waals surface area contributed by atoms with Crippen LogP contribution in [0.1, 0.15) is 13.3 Å². The fourth-order valence-corrected chi connectivity index (χ4v) is 2.02. The number of hydrogen-bond donors (Lipinski definition) is 1. The Balaban J connectivity index is 1.90. The smallest absolute Gasteiger partial charge is 0.0212 e. The summed E-state index contributed by atoms with van der Waals surface area (Å²) in [5.41, 5.74) is 3.33. The van der Waals surface area contributed by atoms with E-state index in [1.54, 1.807) is 11.1 Å². The van der Waals surface area contributed by atoms with Gasteiger partial charge in [0.2, 0.25) is 0 Å². The van der Waals surface area contributed by atoms with Crippen LogP contribution in [0.25, 0.3) is 0 Å². The highest BCUT2D eigenvalue weighted by molar-refractivity contribution is 5.29. The van der Waals surface area contributed by atoms with Crippen LogP contribution in [-0.2, 0) is 0 Å². The molecule has 2 heteroatoms. The van der Waals surface area contributed by atoms with Gasteiger partial charge in [-0.3, -0.25) is 4.90 Å². The molecule has 0 unspecified atom stereocenters. The Morgan fingerprint density at radius 3 is 2.45 bits per heavy atom. The third-order valence-corrected chi connectivity index (χ3v) is 2.55. The minimum absolute atomic E-state index is 1.15. The van der Waals surface area contributed by atoms with Crippen molar-refractivity contribution in [3.05, 3.63) is 11.1 Å². The summed E-state index contributed by atoms with van der Waals surface area (Å²) in [6, 6.07) is 0. The van der Waals surface area contributed by atoms with Gasteiger partial charge in [0.25, 0.3) is 0 Å².